The fourth-order valence-electron chi connectivity index (χ4n) is 10.0. The summed E-state index contributed by atoms with van der Waals surface area (Å²) < 4.78 is 7.28. The van der Waals surface area contributed by atoms with E-state index < -0.39 is 0 Å². The third-order valence-electron chi connectivity index (χ3n) is 12.2. The molecule has 0 saturated carbocycles. The normalized spacial score (nSPS) is 18.8. The lowest BCUT2D eigenvalue weighted by molar-refractivity contribution is 0.723. The second-order valence-corrected chi connectivity index (χ2v) is 15.9. The minimum Gasteiger partial charge on any atom is -0.308 e. The van der Waals surface area contributed by atoms with Crippen molar-refractivity contribution in [1.82, 2.24) is 18.9 Å². The molecule has 53 heavy (non-hydrogen) atoms. The lowest BCUT2D eigenvalue weighted by Crippen LogP contribution is -2.17. The predicted molar refractivity (Wildman–Crippen MR) is 221 cm³/mol. The van der Waals surface area contributed by atoms with Crippen molar-refractivity contribution in [3.05, 3.63) is 173 Å². The van der Waals surface area contributed by atoms with E-state index in [1.54, 1.807) is 0 Å². The number of fused-ring (bicyclic) bond motifs is 16. The van der Waals surface area contributed by atoms with Gasteiger partial charge < -0.3 is 4.40 Å². The Morgan fingerprint density at radius 3 is 2.17 bits per heavy atom. The maximum atomic E-state index is 5.57. The van der Waals surface area contributed by atoms with Crippen LogP contribution in [0, 0.1) is 0 Å². The fraction of sp³-hybridized carbons (Fsp3) is 0.0833. The van der Waals surface area contributed by atoms with E-state index in [9.17, 15) is 0 Å². The van der Waals surface area contributed by atoms with E-state index >= 15 is 0 Å². The molecule has 3 aliphatic rings. The monoisotopic (exact) mass is 694 g/mol. The average molecular weight is 695 g/mol. The zero-order valence-electron chi connectivity index (χ0n) is 28.6. The number of aromatic nitrogens is 4. The number of rotatable bonds is 2. The molecular weight excluding hydrogens is 665 g/mol. The molecule has 0 saturated heterocycles. The summed E-state index contributed by atoms with van der Waals surface area (Å²) in [4.78, 5) is 11.0. The molecule has 0 N–H and O–H groups in total. The van der Waals surface area contributed by atoms with Gasteiger partial charge in [-0.05, 0) is 59.0 Å². The van der Waals surface area contributed by atoms with Crippen molar-refractivity contribution in [3.63, 3.8) is 0 Å². The molecule has 13 rings (SSSR count). The second kappa shape index (κ2) is 10.2. The van der Waals surface area contributed by atoms with Crippen molar-refractivity contribution >= 4 is 88.0 Å². The lowest BCUT2D eigenvalue weighted by Gasteiger charge is -2.30. The zero-order valence-corrected chi connectivity index (χ0v) is 29.4. The minimum atomic E-state index is 0.158. The molecule has 0 radical (unpaired) electrons. The topological polar surface area (TPSA) is 35.1 Å². The van der Waals surface area contributed by atoms with Gasteiger partial charge in [-0.1, -0.05) is 121 Å². The third-order valence-corrected chi connectivity index (χ3v) is 13.4. The fourth-order valence-corrected chi connectivity index (χ4v) is 11.2. The summed E-state index contributed by atoms with van der Waals surface area (Å²) in [6.45, 7) is 0. The van der Waals surface area contributed by atoms with Crippen LogP contribution in [0.25, 0.3) is 82.6 Å². The van der Waals surface area contributed by atoms with Gasteiger partial charge in [0.1, 0.15) is 0 Å². The van der Waals surface area contributed by atoms with Crippen LogP contribution in [0.5, 0.6) is 0 Å². The van der Waals surface area contributed by atoms with E-state index in [0.29, 0.717) is 0 Å². The van der Waals surface area contributed by atoms with E-state index in [4.69, 9.17) is 9.97 Å². The molecule has 5 heteroatoms. The van der Waals surface area contributed by atoms with Gasteiger partial charge in [-0.3, -0.25) is 4.57 Å². The van der Waals surface area contributed by atoms with Crippen LogP contribution in [0.2, 0.25) is 0 Å². The molecule has 5 aromatic heterocycles. The smallest absolute Gasteiger partial charge is 0.235 e. The molecule has 10 aromatic rings. The van der Waals surface area contributed by atoms with Crippen molar-refractivity contribution in [2.24, 2.45) is 0 Å². The number of hydrogen-bond acceptors (Lipinski definition) is 3. The molecular formula is C48H30N4S. The minimum absolute atomic E-state index is 0.158. The molecule has 0 spiro atoms. The first kappa shape index (κ1) is 28.3. The Labute approximate surface area is 308 Å². The largest absolute Gasteiger partial charge is 0.308 e. The summed E-state index contributed by atoms with van der Waals surface area (Å²) in [5, 5.41) is 6.47. The Hall–Kier alpha value is -6.30. The summed E-state index contributed by atoms with van der Waals surface area (Å²) in [6, 6.07) is 42.0. The van der Waals surface area contributed by atoms with Gasteiger partial charge >= 0.3 is 0 Å². The van der Waals surface area contributed by atoms with Crippen LogP contribution in [0.1, 0.15) is 57.1 Å². The highest BCUT2D eigenvalue weighted by atomic mass is 32.1. The highest BCUT2D eigenvalue weighted by molar-refractivity contribution is 7.25. The Kier molecular flexibility index (Phi) is 5.44. The van der Waals surface area contributed by atoms with Crippen LogP contribution >= 0.6 is 11.3 Å². The van der Waals surface area contributed by atoms with Crippen molar-refractivity contribution in [1.29, 1.82) is 0 Å². The molecule has 3 atom stereocenters. The number of allylic oxidation sites excluding steroid dienone is 3. The molecule has 4 nitrogen and oxygen atoms in total. The van der Waals surface area contributed by atoms with E-state index in [2.05, 4.69) is 161 Å². The van der Waals surface area contributed by atoms with Gasteiger partial charge in [0.2, 0.25) is 5.95 Å². The Bertz CT molecular complexity index is 3290. The number of para-hydroxylation sites is 3. The Morgan fingerprint density at radius 1 is 0.566 bits per heavy atom. The van der Waals surface area contributed by atoms with Crippen molar-refractivity contribution < 1.29 is 0 Å². The van der Waals surface area contributed by atoms with E-state index in [0.717, 1.165) is 29.1 Å². The SMILES string of the molecule is C1=CC(c2nc(-n3c4c(c5ccccc53)C3C=Cc5c(c6cccc7c8ccccc8n5c67)C3C=C4)nc3c2sc2ccccc23)Cc2ccccc21. The summed E-state index contributed by atoms with van der Waals surface area (Å²) in [5.74, 6) is 1.31. The van der Waals surface area contributed by atoms with Crippen molar-refractivity contribution in [3.8, 4) is 5.95 Å². The third kappa shape index (κ3) is 3.65. The van der Waals surface area contributed by atoms with Gasteiger partial charge in [0.15, 0.2) is 0 Å². The number of benzene rings is 5. The van der Waals surface area contributed by atoms with Crippen LogP contribution in [-0.2, 0) is 6.42 Å². The number of hydrogen-bond donors (Lipinski definition) is 0. The highest BCUT2D eigenvalue weighted by Crippen LogP contribution is 2.53. The molecule has 3 aliphatic carbocycles. The van der Waals surface area contributed by atoms with Crippen molar-refractivity contribution in [2.45, 2.75) is 24.2 Å². The first-order valence-corrected chi connectivity index (χ1v) is 19.3. The van der Waals surface area contributed by atoms with Crippen LogP contribution in [-0.4, -0.2) is 18.9 Å². The van der Waals surface area contributed by atoms with Crippen LogP contribution in [0.3, 0.4) is 0 Å². The van der Waals surface area contributed by atoms with Crippen LogP contribution < -0.4 is 0 Å². The van der Waals surface area contributed by atoms with E-state index in [1.165, 1.54) is 81.0 Å². The first-order chi connectivity index (χ1) is 26.3. The Balaban J connectivity index is 1.04. The number of thiophene rings is 1. The molecule has 5 aromatic carbocycles. The second-order valence-electron chi connectivity index (χ2n) is 14.8. The molecule has 0 aliphatic heterocycles. The van der Waals surface area contributed by atoms with Gasteiger partial charge in [0.05, 0.1) is 43.8 Å². The maximum absolute atomic E-state index is 5.57. The van der Waals surface area contributed by atoms with Gasteiger partial charge in [0.25, 0.3) is 0 Å². The molecule has 5 heterocycles. The number of nitrogens with zero attached hydrogens (tertiary/aromatic N) is 4. The Morgan fingerprint density at radius 2 is 1.26 bits per heavy atom. The molecule has 3 unspecified atom stereocenters. The predicted octanol–water partition coefficient (Wildman–Crippen LogP) is 12.1. The van der Waals surface area contributed by atoms with Gasteiger partial charge in [0, 0.05) is 49.4 Å². The van der Waals surface area contributed by atoms with Gasteiger partial charge in [-0.2, -0.15) is 0 Å². The molecule has 0 fully saturated rings. The molecule has 0 amide bonds. The highest BCUT2D eigenvalue weighted by Gasteiger charge is 2.37. The first-order valence-electron chi connectivity index (χ1n) is 18.5. The molecule has 0 bridgehead atoms. The zero-order chi connectivity index (χ0) is 34.4. The lowest BCUT2D eigenvalue weighted by atomic mass is 9.73. The quantitative estimate of drug-likeness (QED) is 0.181. The van der Waals surface area contributed by atoms with Crippen molar-refractivity contribution in [2.75, 3.05) is 0 Å². The molecule has 248 valence electrons. The standard InChI is InChI=1S/C48H30N4S/c1-2-11-28-26-29(21-20-27(28)10-1)44-47-45(35-14-5-8-19-41(35)53-47)50-48(49-44)52-38-18-7-4-13-34(38)42-31-22-24-39-43(32(31)23-25-40(42)52)36-16-9-15-33-30-12-3-6-17-37(30)51(39)46(33)36/h1-25,29,31-32H,26H2. The van der Waals surface area contributed by atoms with Crippen LogP contribution in [0.15, 0.2) is 133 Å². The maximum Gasteiger partial charge on any atom is 0.235 e. The average Bonchev–Trinajstić information content (AvgIpc) is 3.96. The van der Waals surface area contributed by atoms with Gasteiger partial charge in [-0.25, -0.2) is 9.97 Å². The summed E-state index contributed by atoms with van der Waals surface area (Å²) in [7, 11) is 0. The van der Waals surface area contributed by atoms with Crippen LogP contribution in [0.4, 0.5) is 0 Å². The summed E-state index contributed by atoms with van der Waals surface area (Å²) >= 11 is 1.82. The van der Waals surface area contributed by atoms with Gasteiger partial charge in [-0.15, -0.1) is 11.3 Å². The van der Waals surface area contributed by atoms with E-state index in [-0.39, 0.29) is 17.8 Å². The van der Waals surface area contributed by atoms with E-state index in [1.807, 2.05) is 11.3 Å². The summed E-state index contributed by atoms with van der Waals surface area (Å²) in [6.07, 6.45) is 15.2. The summed E-state index contributed by atoms with van der Waals surface area (Å²) in [5.41, 5.74) is 13.9.